The van der Waals surface area contributed by atoms with E-state index in [9.17, 15) is 4.79 Å². The molecule has 1 fully saturated rings. The molecule has 6 nitrogen and oxygen atoms in total. The lowest BCUT2D eigenvalue weighted by atomic mass is 9.99. The van der Waals surface area contributed by atoms with Gasteiger partial charge in [-0.2, -0.15) is 0 Å². The van der Waals surface area contributed by atoms with Crippen molar-refractivity contribution in [3.8, 4) is 22.8 Å². The van der Waals surface area contributed by atoms with Crippen LogP contribution in [-0.2, 0) is 13.6 Å². The first-order valence-electron chi connectivity index (χ1n) is 9.89. The second-order valence-electron chi connectivity index (χ2n) is 7.51. The van der Waals surface area contributed by atoms with Crippen LogP contribution in [0.2, 0.25) is 0 Å². The molecule has 3 aromatic rings. The first-order valence-corrected chi connectivity index (χ1v) is 9.89. The zero-order valence-corrected chi connectivity index (χ0v) is 16.9. The minimum atomic E-state index is -0.255. The van der Waals surface area contributed by atoms with Gasteiger partial charge < -0.3 is 14.2 Å². The van der Waals surface area contributed by atoms with E-state index in [2.05, 4.69) is 46.1 Å². The van der Waals surface area contributed by atoms with Crippen molar-refractivity contribution in [1.82, 2.24) is 19.4 Å². The van der Waals surface area contributed by atoms with Gasteiger partial charge in [-0.1, -0.05) is 36.4 Å². The predicted octanol–water partition coefficient (Wildman–Crippen LogP) is 2.99. The monoisotopic (exact) mass is 390 g/mol. The molecule has 0 atom stereocenters. The second kappa shape index (κ2) is 8.59. The summed E-state index contributed by atoms with van der Waals surface area (Å²) in [7, 11) is 3.85. The number of piperazine rings is 1. The van der Waals surface area contributed by atoms with Crippen molar-refractivity contribution in [2.75, 3.05) is 33.2 Å². The Labute approximate surface area is 171 Å². The summed E-state index contributed by atoms with van der Waals surface area (Å²) in [4.78, 5) is 21.0. The molecule has 1 aliphatic heterocycles. The first-order chi connectivity index (χ1) is 14.1. The molecular formula is C23H26N4O2. The van der Waals surface area contributed by atoms with E-state index in [1.165, 1.54) is 15.7 Å². The molecule has 0 saturated carbocycles. The SMILES string of the molecule is CN1CCN(Cc2ccccc2-c2ccc(Oc3nccn(C)c3=O)cc2)CC1. The van der Waals surface area contributed by atoms with Crippen LogP contribution in [0.1, 0.15) is 5.56 Å². The zero-order chi connectivity index (χ0) is 20.2. The van der Waals surface area contributed by atoms with Crippen LogP contribution in [0.15, 0.2) is 65.7 Å². The van der Waals surface area contributed by atoms with E-state index in [-0.39, 0.29) is 11.4 Å². The van der Waals surface area contributed by atoms with Crippen LogP contribution in [-0.4, -0.2) is 52.6 Å². The molecule has 150 valence electrons. The van der Waals surface area contributed by atoms with Gasteiger partial charge in [-0.3, -0.25) is 9.69 Å². The number of likely N-dealkylation sites (N-methyl/N-ethyl adjacent to an activating group) is 1. The molecule has 0 unspecified atom stereocenters. The molecular weight excluding hydrogens is 364 g/mol. The molecule has 1 aliphatic rings. The van der Waals surface area contributed by atoms with Crippen LogP contribution < -0.4 is 10.3 Å². The number of rotatable bonds is 5. The minimum absolute atomic E-state index is 0.0817. The smallest absolute Gasteiger partial charge is 0.313 e. The van der Waals surface area contributed by atoms with Crippen molar-refractivity contribution in [2.24, 2.45) is 7.05 Å². The Balaban J connectivity index is 1.52. The minimum Gasteiger partial charge on any atom is -0.435 e. The van der Waals surface area contributed by atoms with Crippen molar-refractivity contribution in [2.45, 2.75) is 6.54 Å². The fourth-order valence-corrected chi connectivity index (χ4v) is 3.55. The summed E-state index contributed by atoms with van der Waals surface area (Å²) in [5, 5.41) is 0. The normalized spacial score (nSPS) is 15.4. The molecule has 0 N–H and O–H groups in total. The molecule has 0 aliphatic carbocycles. The summed E-state index contributed by atoms with van der Waals surface area (Å²) < 4.78 is 7.14. The standard InChI is InChI=1S/C23H26N4O2/c1-25-13-15-27(16-14-25)17-19-5-3-4-6-21(19)18-7-9-20(10-8-18)29-22-23(28)26(2)12-11-24-22/h3-12H,13-17H2,1-2H3. The number of ether oxygens (including phenoxy) is 1. The lowest BCUT2D eigenvalue weighted by Gasteiger charge is -2.32. The zero-order valence-electron chi connectivity index (χ0n) is 16.9. The van der Waals surface area contributed by atoms with E-state index in [0.29, 0.717) is 5.75 Å². The van der Waals surface area contributed by atoms with Crippen LogP contribution in [0, 0.1) is 0 Å². The second-order valence-corrected chi connectivity index (χ2v) is 7.51. The Kier molecular flexibility index (Phi) is 5.74. The van der Waals surface area contributed by atoms with Crippen LogP contribution >= 0.6 is 0 Å². The fraction of sp³-hybridized carbons (Fsp3) is 0.304. The summed E-state index contributed by atoms with van der Waals surface area (Å²) in [5.74, 6) is 0.680. The molecule has 1 saturated heterocycles. The third-order valence-electron chi connectivity index (χ3n) is 5.37. The van der Waals surface area contributed by atoms with Gasteiger partial charge in [0.15, 0.2) is 0 Å². The highest BCUT2D eigenvalue weighted by Gasteiger charge is 2.15. The first kappa shape index (κ1) is 19.4. The van der Waals surface area contributed by atoms with Gasteiger partial charge in [0, 0.05) is 52.2 Å². The largest absolute Gasteiger partial charge is 0.435 e. The van der Waals surface area contributed by atoms with Gasteiger partial charge in [-0.15, -0.1) is 0 Å². The van der Waals surface area contributed by atoms with Gasteiger partial charge >= 0.3 is 5.56 Å². The number of hydrogen-bond acceptors (Lipinski definition) is 5. The maximum atomic E-state index is 12.1. The summed E-state index contributed by atoms with van der Waals surface area (Å²) >= 11 is 0. The summed E-state index contributed by atoms with van der Waals surface area (Å²) in [5.41, 5.74) is 3.43. The maximum Gasteiger partial charge on any atom is 0.313 e. The quantitative estimate of drug-likeness (QED) is 0.670. The number of aryl methyl sites for hydroxylation is 1. The summed E-state index contributed by atoms with van der Waals surface area (Å²) in [6, 6.07) is 16.4. The Morgan fingerprint density at radius 3 is 2.45 bits per heavy atom. The highest BCUT2D eigenvalue weighted by molar-refractivity contribution is 5.68. The number of benzene rings is 2. The van der Waals surface area contributed by atoms with E-state index >= 15 is 0 Å². The molecule has 2 heterocycles. The van der Waals surface area contributed by atoms with Crippen molar-refractivity contribution in [1.29, 1.82) is 0 Å². The van der Waals surface area contributed by atoms with Crippen molar-refractivity contribution in [3.63, 3.8) is 0 Å². The molecule has 29 heavy (non-hydrogen) atoms. The maximum absolute atomic E-state index is 12.1. The molecule has 0 amide bonds. The third kappa shape index (κ3) is 4.55. The molecule has 6 heteroatoms. The Hall–Kier alpha value is -2.96. The molecule has 2 aromatic carbocycles. The lowest BCUT2D eigenvalue weighted by Crippen LogP contribution is -2.43. The summed E-state index contributed by atoms with van der Waals surface area (Å²) in [6.45, 7) is 5.36. The predicted molar refractivity (Wildman–Crippen MR) is 114 cm³/mol. The van der Waals surface area contributed by atoms with E-state index in [1.807, 2.05) is 24.3 Å². The Morgan fingerprint density at radius 2 is 1.69 bits per heavy atom. The van der Waals surface area contributed by atoms with E-state index < -0.39 is 0 Å². The third-order valence-corrected chi connectivity index (χ3v) is 5.37. The van der Waals surface area contributed by atoms with Crippen molar-refractivity contribution < 1.29 is 4.74 Å². The van der Waals surface area contributed by atoms with Gasteiger partial charge in [-0.25, -0.2) is 4.98 Å². The van der Waals surface area contributed by atoms with Gasteiger partial charge in [0.25, 0.3) is 5.88 Å². The van der Waals surface area contributed by atoms with Gasteiger partial charge in [-0.05, 0) is 35.9 Å². The molecule has 0 spiro atoms. The van der Waals surface area contributed by atoms with Crippen LogP contribution in [0.3, 0.4) is 0 Å². The van der Waals surface area contributed by atoms with E-state index in [4.69, 9.17) is 4.74 Å². The van der Waals surface area contributed by atoms with Gasteiger partial charge in [0.2, 0.25) is 0 Å². The van der Waals surface area contributed by atoms with Crippen LogP contribution in [0.25, 0.3) is 11.1 Å². The van der Waals surface area contributed by atoms with E-state index in [1.54, 1.807) is 19.4 Å². The number of aromatic nitrogens is 2. The number of hydrogen-bond donors (Lipinski definition) is 0. The average molecular weight is 390 g/mol. The highest BCUT2D eigenvalue weighted by atomic mass is 16.5. The Morgan fingerprint density at radius 1 is 0.966 bits per heavy atom. The van der Waals surface area contributed by atoms with Crippen LogP contribution in [0.5, 0.6) is 11.6 Å². The molecule has 0 bridgehead atoms. The van der Waals surface area contributed by atoms with Crippen molar-refractivity contribution >= 4 is 0 Å². The average Bonchev–Trinajstić information content (AvgIpc) is 2.74. The molecule has 1 aromatic heterocycles. The fourth-order valence-electron chi connectivity index (χ4n) is 3.55. The summed E-state index contributed by atoms with van der Waals surface area (Å²) in [6.07, 6.45) is 3.16. The van der Waals surface area contributed by atoms with E-state index in [0.717, 1.165) is 38.3 Å². The topological polar surface area (TPSA) is 50.6 Å². The number of nitrogens with zero attached hydrogens (tertiary/aromatic N) is 4. The highest BCUT2D eigenvalue weighted by Crippen LogP contribution is 2.28. The lowest BCUT2D eigenvalue weighted by molar-refractivity contribution is 0.148. The molecule has 0 radical (unpaired) electrons. The van der Waals surface area contributed by atoms with Gasteiger partial charge in [0.05, 0.1) is 0 Å². The Bertz CT molecular complexity index is 1020. The molecule has 4 rings (SSSR count). The van der Waals surface area contributed by atoms with Crippen molar-refractivity contribution in [3.05, 3.63) is 76.8 Å². The van der Waals surface area contributed by atoms with Crippen LogP contribution in [0.4, 0.5) is 0 Å². The van der Waals surface area contributed by atoms with Gasteiger partial charge in [0.1, 0.15) is 5.75 Å².